The molecule has 3 aromatic rings. The maximum atomic E-state index is 3.66. The molecule has 124 valence electrons. The number of aromatic nitrogens is 1. The Morgan fingerprint density at radius 3 is 2.12 bits per heavy atom. The molecule has 1 nitrogen and oxygen atoms in total. The van der Waals surface area contributed by atoms with Gasteiger partial charge < -0.3 is 19.8 Å². The summed E-state index contributed by atoms with van der Waals surface area (Å²) in [6.45, 7) is 0. The Morgan fingerprint density at radius 2 is 1.54 bits per heavy atom. The Bertz CT molecular complexity index is 670. The molecule has 0 atom stereocenters. The minimum Gasteiger partial charge on any atom is -0.484 e. The molecule has 0 fully saturated rings. The van der Waals surface area contributed by atoms with Crippen LogP contribution in [0.2, 0.25) is 0 Å². The molecule has 5 heteroatoms. The van der Waals surface area contributed by atoms with Crippen LogP contribution in [0.1, 0.15) is 11.1 Å². The molecule has 0 unspecified atom stereocenters. The summed E-state index contributed by atoms with van der Waals surface area (Å²) in [5, 5.41) is 1.22. The van der Waals surface area contributed by atoms with Gasteiger partial charge in [0.15, 0.2) is 0 Å². The zero-order valence-corrected chi connectivity index (χ0v) is 18.9. The molecule has 0 bridgehead atoms. The Labute approximate surface area is 181 Å². The van der Waals surface area contributed by atoms with Gasteiger partial charge >= 0.3 is 26.2 Å². The van der Waals surface area contributed by atoms with Crippen molar-refractivity contribution in [2.45, 2.75) is 6.42 Å². The van der Waals surface area contributed by atoms with E-state index in [0.717, 1.165) is 6.42 Å². The standard InChI is InChI=1S/C13H9Si.C4H4N.2CH3.2ClH.Zr/c14-13-7-3-6-11-10-5-2-1-4-9(10)8-12(11)13;1-2-4-5-3-1;;;;;/h1-7H,8H2;1-3,5H;2*1H3;2*1H;/q;3*-1;;;+3. The smallest absolute Gasteiger partial charge is 0.484 e. The van der Waals surface area contributed by atoms with Crippen LogP contribution in [0.25, 0.3) is 11.1 Å². The molecule has 1 heterocycles. The van der Waals surface area contributed by atoms with Crippen molar-refractivity contribution in [3.63, 3.8) is 0 Å². The SMILES string of the molecule is Cl.Cl.[CH3-].[CH3-].[Si]c1cccc2c1Cc1ccccc1-2.[Zr+3].[c-]1ccc[nH]1. The zero-order chi connectivity index (χ0) is 13.1. The van der Waals surface area contributed by atoms with Crippen LogP contribution >= 0.6 is 24.8 Å². The predicted molar refractivity (Wildman–Crippen MR) is 107 cm³/mol. The Hall–Kier alpha value is -0.600. The zero-order valence-electron chi connectivity index (χ0n) is 13.8. The summed E-state index contributed by atoms with van der Waals surface area (Å²) >= 11 is 0. The number of benzene rings is 2. The summed E-state index contributed by atoms with van der Waals surface area (Å²) in [7, 11) is 3.66. The number of hydrogen-bond donors (Lipinski definition) is 1. The van der Waals surface area contributed by atoms with E-state index < -0.39 is 0 Å². The van der Waals surface area contributed by atoms with Crippen LogP contribution in [0.5, 0.6) is 0 Å². The third-order valence-corrected chi connectivity index (χ3v) is 3.76. The molecule has 0 saturated heterocycles. The molecule has 24 heavy (non-hydrogen) atoms. The van der Waals surface area contributed by atoms with Gasteiger partial charge in [-0.1, -0.05) is 47.7 Å². The molecule has 1 N–H and O–H groups in total. The van der Waals surface area contributed by atoms with Crippen molar-refractivity contribution < 1.29 is 26.2 Å². The van der Waals surface area contributed by atoms with Gasteiger partial charge in [-0.3, -0.25) is 0 Å². The molecule has 4 radical (unpaired) electrons. The van der Waals surface area contributed by atoms with Crippen LogP contribution in [0.3, 0.4) is 0 Å². The number of aromatic amines is 1. The molecule has 4 rings (SSSR count). The predicted octanol–water partition coefficient (Wildman–Crippen LogP) is 4.61. The quantitative estimate of drug-likeness (QED) is 0.296. The Balaban J connectivity index is -0.000000391. The number of nitrogens with one attached hydrogen (secondary N) is 1. The maximum absolute atomic E-state index is 3.66. The summed E-state index contributed by atoms with van der Waals surface area (Å²) < 4.78 is 0. The molecule has 0 spiro atoms. The third kappa shape index (κ3) is 6.37. The van der Waals surface area contributed by atoms with Gasteiger partial charge in [-0.15, -0.1) is 31.0 Å². The first kappa shape index (κ1) is 28.2. The van der Waals surface area contributed by atoms with E-state index in [1.165, 1.54) is 27.4 Å². The van der Waals surface area contributed by atoms with Crippen molar-refractivity contribution >= 4 is 40.2 Å². The largest absolute Gasteiger partial charge is 3.00 e. The normalized spacial score (nSPS) is 8.88. The van der Waals surface area contributed by atoms with Crippen LogP contribution < -0.4 is 5.19 Å². The fraction of sp³-hybridized carbons (Fsp3) is 0.0526. The number of halogens is 2. The summed E-state index contributed by atoms with van der Waals surface area (Å²) in [4.78, 5) is 2.74. The fourth-order valence-corrected chi connectivity index (χ4v) is 2.72. The van der Waals surface area contributed by atoms with Gasteiger partial charge in [-0.25, -0.2) is 0 Å². The third-order valence-electron chi connectivity index (χ3n) is 3.29. The van der Waals surface area contributed by atoms with E-state index in [-0.39, 0.29) is 65.9 Å². The van der Waals surface area contributed by atoms with Gasteiger partial charge in [0.25, 0.3) is 0 Å². The van der Waals surface area contributed by atoms with Gasteiger partial charge in [0, 0.05) is 0 Å². The van der Waals surface area contributed by atoms with Gasteiger partial charge in [0.2, 0.25) is 0 Å². The van der Waals surface area contributed by atoms with E-state index in [2.05, 4.69) is 63.9 Å². The van der Waals surface area contributed by atoms with Gasteiger partial charge in [0.1, 0.15) is 0 Å². The van der Waals surface area contributed by atoms with Crippen molar-refractivity contribution in [1.29, 1.82) is 0 Å². The summed E-state index contributed by atoms with van der Waals surface area (Å²) in [6, 6.07) is 18.7. The average Bonchev–Trinajstić information content (AvgIpc) is 3.10. The molecular weight excluding hydrogens is 432 g/mol. The van der Waals surface area contributed by atoms with E-state index in [9.17, 15) is 0 Å². The van der Waals surface area contributed by atoms with Crippen LogP contribution in [-0.2, 0) is 32.6 Å². The topological polar surface area (TPSA) is 15.8 Å². The fourth-order valence-electron chi connectivity index (χ4n) is 2.40. The Morgan fingerprint density at radius 1 is 0.875 bits per heavy atom. The van der Waals surface area contributed by atoms with Gasteiger partial charge in [0.05, 0.1) is 10.2 Å². The van der Waals surface area contributed by atoms with E-state index in [4.69, 9.17) is 0 Å². The number of fused-ring (bicyclic) bond motifs is 3. The van der Waals surface area contributed by atoms with Crippen LogP contribution in [-0.4, -0.2) is 15.2 Å². The van der Waals surface area contributed by atoms with E-state index >= 15 is 0 Å². The Kier molecular flexibility index (Phi) is 16.1. The summed E-state index contributed by atoms with van der Waals surface area (Å²) in [5.74, 6) is 0. The van der Waals surface area contributed by atoms with Crippen LogP contribution in [0.4, 0.5) is 0 Å². The van der Waals surface area contributed by atoms with Crippen molar-refractivity contribution in [3.05, 3.63) is 93.0 Å². The summed E-state index contributed by atoms with van der Waals surface area (Å²) in [6.07, 6.45) is 5.62. The van der Waals surface area contributed by atoms with Crippen molar-refractivity contribution in [1.82, 2.24) is 4.98 Å². The van der Waals surface area contributed by atoms with Crippen molar-refractivity contribution in [2.75, 3.05) is 0 Å². The first-order valence-corrected chi connectivity index (χ1v) is 6.77. The molecule has 0 amide bonds. The van der Waals surface area contributed by atoms with Crippen LogP contribution in [0.15, 0.2) is 60.8 Å². The average molecular weight is 454 g/mol. The molecule has 0 aliphatic heterocycles. The second-order valence-electron chi connectivity index (χ2n) is 4.48. The van der Waals surface area contributed by atoms with Crippen molar-refractivity contribution in [2.24, 2.45) is 0 Å². The second-order valence-corrected chi connectivity index (χ2v) is 5.02. The monoisotopic (exact) mass is 451 g/mol. The minimum absolute atomic E-state index is 0. The molecule has 1 aliphatic rings. The first-order valence-electron chi connectivity index (χ1n) is 6.27. The van der Waals surface area contributed by atoms with Crippen molar-refractivity contribution in [3.8, 4) is 11.1 Å². The van der Waals surface area contributed by atoms with E-state index in [0.29, 0.717) is 0 Å². The van der Waals surface area contributed by atoms with E-state index in [1.54, 1.807) is 0 Å². The van der Waals surface area contributed by atoms with E-state index in [1.807, 2.05) is 18.3 Å². The molecule has 1 aromatic heterocycles. The number of rotatable bonds is 0. The summed E-state index contributed by atoms with van der Waals surface area (Å²) in [5.41, 5.74) is 5.63. The molecule has 1 aliphatic carbocycles. The van der Waals surface area contributed by atoms with Gasteiger partial charge in [-0.05, 0) is 28.7 Å². The molecular formula is C19H21Cl2NSiZr. The number of hydrogen-bond acceptors (Lipinski definition) is 0. The first-order chi connectivity index (χ1) is 9.36. The maximum Gasteiger partial charge on any atom is 3.00 e. The van der Waals surface area contributed by atoms with Gasteiger partial charge in [-0.2, -0.15) is 18.3 Å². The molecule has 2 aromatic carbocycles. The minimum atomic E-state index is 0. The second kappa shape index (κ2) is 13.7. The van der Waals surface area contributed by atoms with Crippen LogP contribution in [0, 0.1) is 21.1 Å². The number of H-pyrrole nitrogens is 1. The molecule has 0 saturated carbocycles.